The van der Waals surface area contributed by atoms with E-state index in [1.165, 1.54) is 10.5 Å². The van der Waals surface area contributed by atoms with Crippen LogP contribution >= 0.6 is 0 Å². The molecule has 6 nitrogen and oxygen atoms in total. The van der Waals surface area contributed by atoms with Crippen LogP contribution in [-0.2, 0) is 22.4 Å². The fourth-order valence-electron chi connectivity index (χ4n) is 5.64. The SMILES string of the molecule is CC1CCC(N(C(=O)CN2C(=O)NC3(CCc4ccccc4C3)C2=O)C2CC2)CC1. The normalized spacial score (nSPS) is 30.9. The first-order valence-corrected chi connectivity index (χ1v) is 11.5. The number of carbonyl (C=O) groups is 3. The Balaban J connectivity index is 1.31. The number of carbonyl (C=O) groups excluding carboxylic acids is 3. The Labute approximate surface area is 178 Å². The Morgan fingerprint density at radius 3 is 2.37 bits per heavy atom. The smallest absolute Gasteiger partial charge is 0.325 e. The van der Waals surface area contributed by atoms with E-state index < -0.39 is 11.6 Å². The first-order valence-electron chi connectivity index (χ1n) is 11.5. The van der Waals surface area contributed by atoms with Crippen molar-refractivity contribution in [2.75, 3.05) is 6.54 Å². The summed E-state index contributed by atoms with van der Waals surface area (Å²) in [5.41, 5.74) is 1.46. The highest BCUT2D eigenvalue weighted by molar-refractivity contribution is 6.09. The highest BCUT2D eigenvalue weighted by Crippen LogP contribution is 2.37. The summed E-state index contributed by atoms with van der Waals surface area (Å²) in [5, 5.41) is 2.95. The minimum atomic E-state index is -0.892. The molecule has 1 spiro atoms. The third-order valence-electron chi connectivity index (χ3n) is 7.58. The van der Waals surface area contributed by atoms with Crippen LogP contribution in [0.5, 0.6) is 0 Å². The fourth-order valence-corrected chi connectivity index (χ4v) is 5.64. The molecular weight excluding hydrogens is 378 g/mol. The number of benzene rings is 1. The van der Waals surface area contributed by atoms with E-state index in [-0.39, 0.29) is 24.4 Å². The fraction of sp³-hybridized carbons (Fsp3) is 0.625. The molecule has 5 rings (SSSR count). The van der Waals surface area contributed by atoms with Gasteiger partial charge in [-0.15, -0.1) is 0 Å². The summed E-state index contributed by atoms with van der Waals surface area (Å²) in [7, 11) is 0. The lowest BCUT2D eigenvalue weighted by molar-refractivity contribution is -0.141. The van der Waals surface area contributed by atoms with Crippen LogP contribution in [0.3, 0.4) is 0 Å². The zero-order valence-electron chi connectivity index (χ0n) is 17.7. The molecular formula is C24H31N3O3. The van der Waals surface area contributed by atoms with Crippen LogP contribution in [0.25, 0.3) is 0 Å². The maximum absolute atomic E-state index is 13.3. The van der Waals surface area contributed by atoms with Crippen molar-refractivity contribution in [3.63, 3.8) is 0 Å². The highest BCUT2D eigenvalue weighted by Gasteiger charge is 2.53. The monoisotopic (exact) mass is 409 g/mol. The predicted octanol–water partition coefficient (Wildman–Crippen LogP) is 3.04. The van der Waals surface area contributed by atoms with Crippen molar-refractivity contribution in [2.45, 2.75) is 82.3 Å². The molecule has 4 amide bonds. The van der Waals surface area contributed by atoms with Crippen LogP contribution in [0.15, 0.2) is 24.3 Å². The molecule has 3 aliphatic carbocycles. The minimum absolute atomic E-state index is 0.0613. The number of hydrogen-bond donors (Lipinski definition) is 1. The van der Waals surface area contributed by atoms with E-state index in [4.69, 9.17) is 0 Å². The standard InChI is InChI=1S/C24H31N3O3/c1-16-6-8-19(9-7-16)27(20-10-11-20)21(28)15-26-22(29)24(25-23(26)30)13-12-17-4-2-3-5-18(17)14-24/h2-5,16,19-20H,6-15H2,1H3,(H,25,30). The van der Waals surface area contributed by atoms with Crippen LogP contribution in [0, 0.1) is 5.92 Å². The molecule has 1 atom stereocenters. The number of hydrogen-bond acceptors (Lipinski definition) is 3. The molecule has 1 saturated heterocycles. The number of urea groups is 1. The highest BCUT2D eigenvalue weighted by atomic mass is 16.2. The number of amides is 4. The Kier molecular flexibility index (Phi) is 4.83. The summed E-state index contributed by atoms with van der Waals surface area (Å²) in [5.74, 6) is 0.426. The summed E-state index contributed by atoms with van der Waals surface area (Å²) in [6.07, 6.45) is 8.29. The van der Waals surface area contributed by atoms with E-state index in [2.05, 4.69) is 18.3 Å². The van der Waals surface area contributed by atoms with Crippen molar-refractivity contribution >= 4 is 17.8 Å². The molecule has 1 aromatic rings. The topological polar surface area (TPSA) is 69.7 Å². The van der Waals surface area contributed by atoms with Gasteiger partial charge in [-0.3, -0.25) is 14.5 Å². The van der Waals surface area contributed by atoms with Crippen molar-refractivity contribution in [3.05, 3.63) is 35.4 Å². The zero-order chi connectivity index (χ0) is 20.9. The third kappa shape index (κ3) is 3.40. The molecule has 0 radical (unpaired) electrons. The largest absolute Gasteiger partial charge is 0.335 e. The van der Waals surface area contributed by atoms with Gasteiger partial charge in [0.05, 0.1) is 0 Å². The van der Waals surface area contributed by atoms with Crippen LogP contribution < -0.4 is 5.32 Å². The number of nitrogens with one attached hydrogen (secondary N) is 1. The van der Waals surface area contributed by atoms with Gasteiger partial charge in [0.25, 0.3) is 5.91 Å². The van der Waals surface area contributed by atoms with Crippen molar-refractivity contribution in [3.8, 4) is 0 Å². The van der Waals surface area contributed by atoms with Crippen molar-refractivity contribution in [1.82, 2.24) is 15.1 Å². The Hall–Kier alpha value is -2.37. The van der Waals surface area contributed by atoms with Gasteiger partial charge in [-0.25, -0.2) is 4.79 Å². The van der Waals surface area contributed by atoms with E-state index >= 15 is 0 Å². The third-order valence-corrected chi connectivity index (χ3v) is 7.58. The van der Waals surface area contributed by atoms with E-state index in [0.29, 0.717) is 18.9 Å². The summed E-state index contributed by atoms with van der Waals surface area (Å²) in [6, 6.07) is 8.24. The second kappa shape index (κ2) is 7.40. The summed E-state index contributed by atoms with van der Waals surface area (Å²) >= 11 is 0. The van der Waals surface area contributed by atoms with Gasteiger partial charge in [0.1, 0.15) is 12.1 Å². The first kappa shape index (κ1) is 19.6. The molecule has 1 heterocycles. The van der Waals surface area contributed by atoms with Gasteiger partial charge in [0.2, 0.25) is 5.91 Å². The van der Waals surface area contributed by atoms with Gasteiger partial charge in [-0.2, -0.15) is 0 Å². The molecule has 0 bridgehead atoms. The first-order chi connectivity index (χ1) is 14.5. The van der Waals surface area contributed by atoms with Gasteiger partial charge in [0, 0.05) is 18.5 Å². The van der Waals surface area contributed by atoms with Crippen molar-refractivity contribution in [2.24, 2.45) is 5.92 Å². The average Bonchev–Trinajstić information content (AvgIpc) is 3.54. The summed E-state index contributed by atoms with van der Waals surface area (Å²) in [6.45, 7) is 2.14. The van der Waals surface area contributed by atoms with Crippen LogP contribution in [0.2, 0.25) is 0 Å². The van der Waals surface area contributed by atoms with Crippen molar-refractivity contribution in [1.29, 1.82) is 0 Å². The summed E-state index contributed by atoms with van der Waals surface area (Å²) < 4.78 is 0. The molecule has 2 saturated carbocycles. The zero-order valence-corrected chi connectivity index (χ0v) is 17.7. The molecule has 160 valence electrons. The number of fused-ring (bicyclic) bond motifs is 1. The average molecular weight is 410 g/mol. The second-order valence-electron chi connectivity index (χ2n) is 9.79. The summed E-state index contributed by atoms with van der Waals surface area (Å²) in [4.78, 5) is 42.6. The number of imide groups is 1. The predicted molar refractivity (Wildman–Crippen MR) is 113 cm³/mol. The molecule has 4 aliphatic rings. The van der Waals surface area contributed by atoms with E-state index in [1.807, 2.05) is 23.1 Å². The molecule has 1 N–H and O–H groups in total. The second-order valence-corrected chi connectivity index (χ2v) is 9.79. The Morgan fingerprint density at radius 2 is 1.70 bits per heavy atom. The van der Waals surface area contributed by atoms with Crippen LogP contribution in [-0.4, -0.2) is 51.8 Å². The van der Waals surface area contributed by atoms with Gasteiger partial charge < -0.3 is 10.2 Å². The molecule has 3 fully saturated rings. The lowest BCUT2D eigenvalue weighted by atomic mass is 9.78. The van der Waals surface area contributed by atoms with Gasteiger partial charge in [0.15, 0.2) is 0 Å². The van der Waals surface area contributed by atoms with Crippen molar-refractivity contribution < 1.29 is 14.4 Å². The maximum atomic E-state index is 13.3. The van der Waals surface area contributed by atoms with Gasteiger partial charge in [-0.1, -0.05) is 31.2 Å². The molecule has 1 unspecified atom stereocenters. The molecule has 6 heteroatoms. The molecule has 30 heavy (non-hydrogen) atoms. The van der Waals surface area contributed by atoms with Crippen LogP contribution in [0.1, 0.15) is 63.0 Å². The van der Waals surface area contributed by atoms with E-state index in [9.17, 15) is 14.4 Å². The number of rotatable bonds is 4. The van der Waals surface area contributed by atoms with E-state index in [1.54, 1.807) is 0 Å². The molecule has 0 aromatic heterocycles. The quantitative estimate of drug-likeness (QED) is 0.777. The number of aryl methyl sites for hydroxylation is 1. The Bertz CT molecular complexity index is 872. The maximum Gasteiger partial charge on any atom is 0.325 e. The molecule has 1 aliphatic heterocycles. The van der Waals surface area contributed by atoms with Gasteiger partial charge in [-0.05, 0) is 68.4 Å². The number of nitrogens with zero attached hydrogens (tertiary/aromatic N) is 2. The van der Waals surface area contributed by atoms with E-state index in [0.717, 1.165) is 56.4 Å². The van der Waals surface area contributed by atoms with Crippen LogP contribution in [0.4, 0.5) is 4.79 Å². The lowest BCUT2D eigenvalue weighted by Crippen LogP contribution is -2.52. The minimum Gasteiger partial charge on any atom is -0.335 e. The Morgan fingerprint density at radius 1 is 1.07 bits per heavy atom. The molecule has 1 aromatic carbocycles. The van der Waals surface area contributed by atoms with Gasteiger partial charge >= 0.3 is 6.03 Å². The lowest BCUT2D eigenvalue weighted by Gasteiger charge is -2.37.